The molecule has 0 bridgehead atoms. The molecule has 1 amide bonds. The van der Waals surface area contributed by atoms with E-state index < -0.39 is 0 Å². The molecule has 5 saturated carbocycles. The number of nitrogens with two attached hydrogens (primary N) is 2. The first kappa shape index (κ1) is 38.3. The van der Waals surface area contributed by atoms with Crippen LogP contribution in [0.25, 0.3) is 0 Å². The van der Waals surface area contributed by atoms with Crippen molar-refractivity contribution in [3.05, 3.63) is 11.6 Å². The van der Waals surface area contributed by atoms with E-state index >= 15 is 0 Å². The summed E-state index contributed by atoms with van der Waals surface area (Å²) in [5.41, 5.74) is 14.4. The molecule has 0 radical (unpaired) electrons. The fourth-order valence-corrected chi connectivity index (χ4v) is 12.6. The number of ether oxygens (including phenoxy) is 1. The van der Waals surface area contributed by atoms with E-state index in [-0.39, 0.29) is 23.4 Å². The van der Waals surface area contributed by atoms with Gasteiger partial charge in [0.05, 0.1) is 0 Å². The Bertz CT molecular complexity index is 1170. The monoisotopic (exact) mass is 694 g/mol. The second-order valence-electron chi connectivity index (χ2n) is 19.7. The molecule has 6 aliphatic rings. The first-order valence-electron chi connectivity index (χ1n) is 21.5. The molecule has 6 rings (SSSR count). The molecule has 50 heavy (non-hydrogen) atoms. The fraction of sp³-hybridized carbons (Fsp3) is 0.909. The highest BCUT2D eigenvalue weighted by Crippen LogP contribution is 2.67. The average molecular weight is 694 g/mol. The molecule has 4 N–H and O–H groups in total. The maximum atomic E-state index is 13.3. The van der Waals surface area contributed by atoms with Gasteiger partial charge in [-0.15, -0.1) is 0 Å². The quantitative estimate of drug-likeness (QED) is 0.124. The number of rotatable bonds is 16. The van der Waals surface area contributed by atoms with Crippen molar-refractivity contribution in [2.45, 2.75) is 181 Å². The number of carbonyl (C=O) groups excluding carboxylic acids is 2. The Balaban J connectivity index is 0.957. The molecule has 284 valence electrons. The second-order valence-corrected chi connectivity index (χ2v) is 19.7. The Morgan fingerprint density at radius 1 is 0.860 bits per heavy atom. The second kappa shape index (κ2) is 16.3. The molecular weight excluding hydrogens is 619 g/mol. The molecule has 0 aromatic heterocycles. The van der Waals surface area contributed by atoms with E-state index in [4.69, 9.17) is 16.2 Å². The fourth-order valence-electron chi connectivity index (χ4n) is 12.6. The number of hydrogen-bond acceptors (Lipinski definition) is 5. The summed E-state index contributed by atoms with van der Waals surface area (Å²) >= 11 is 0. The maximum Gasteiger partial charge on any atom is 0.306 e. The van der Waals surface area contributed by atoms with E-state index in [0.717, 1.165) is 106 Å². The van der Waals surface area contributed by atoms with E-state index in [2.05, 4.69) is 45.6 Å². The first-order chi connectivity index (χ1) is 23.9. The molecule has 0 spiro atoms. The summed E-state index contributed by atoms with van der Waals surface area (Å²) in [6.07, 6.45) is 24.4. The van der Waals surface area contributed by atoms with Crippen molar-refractivity contribution in [2.75, 3.05) is 13.1 Å². The lowest BCUT2D eigenvalue weighted by atomic mass is 9.47. The van der Waals surface area contributed by atoms with Gasteiger partial charge in [-0.1, -0.05) is 65.5 Å². The predicted molar refractivity (Wildman–Crippen MR) is 204 cm³/mol. The van der Waals surface area contributed by atoms with Crippen LogP contribution in [0.4, 0.5) is 0 Å². The van der Waals surface area contributed by atoms with Crippen LogP contribution >= 0.6 is 0 Å². The highest BCUT2D eigenvalue weighted by Gasteiger charge is 2.59. The summed E-state index contributed by atoms with van der Waals surface area (Å²) in [5.74, 6) is 6.42. The Morgan fingerprint density at radius 3 is 2.18 bits per heavy atom. The number of amides is 1. The summed E-state index contributed by atoms with van der Waals surface area (Å²) < 4.78 is 6.13. The summed E-state index contributed by atoms with van der Waals surface area (Å²) in [5, 5.41) is 0. The standard InChI is InChI=1S/C44H75N3O3/c1-29(2)8-6-9-30(3)38-14-15-39-37-13-12-33-28-36(16-20-43(33,4)40(37)17-21-44(38,39)5)50-42(49)11-7-10-41(48)47(22-18-31-24-34(45)25-31)23-19-32-26-35(46)27-32/h12,29-32,34-40H,6-11,13-28,45-46H2,1-5H3. The van der Waals surface area contributed by atoms with Gasteiger partial charge in [-0.25, -0.2) is 0 Å². The van der Waals surface area contributed by atoms with Crippen LogP contribution in [0.5, 0.6) is 0 Å². The third-order valence-electron chi connectivity index (χ3n) is 15.8. The summed E-state index contributed by atoms with van der Waals surface area (Å²) in [6.45, 7) is 14.2. The van der Waals surface area contributed by atoms with E-state index in [9.17, 15) is 9.59 Å². The smallest absolute Gasteiger partial charge is 0.306 e. The van der Waals surface area contributed by atoms with E-state index in [1.165, 1.54) is 51.4 Å². The Labute approximate surface area is 306 Å². The predicted octanol–water partition coefficient (Wildman–Crippen LogP) is 9.19. The summed E-state index contributed by atoms with van der Waals surface area (Å²) in [4.78, 5) is 28.4. The van der Waals surface area contributed by atoms with Gasteiger partial charge in [0.1, 0.15) is 6.10 Å². The number of nitrogens with zero attached hydrogens (tertiary/aromatic N) is 1. The number of hydrogen-bond donors (Lipinski definition) is 2. The highest BCUT2D eigenvalue weighted by atomic mass is 16.5. The van der Waals surface area contributed by atoms with E-state index in [0.29, 0.717) is 48.6 Å². The minimum absolute atomic E-state index is 0.00956. The SMILES string of the molecule is CC(C)CCCC(C)C1CCC2C3CC=C4CC(OC(=O)CCCC(=O)N(CCC5CC(N)C5)CCC5CC(N)C5)CCC4(C)C3CCC12C. The Hall–Kier alpha value is -1.40. The van der Waals surface area contributed by atoms with Crippen molar-refractivity contribution in [1.82, 2.24) is 4.90 Å². The average Bonchev–Trinajstić information content (AvgIpc) is 3.40. The maximum absolute atomic E-state index is 13.3. The lowest BCUT2D eigenvalue weighted by molar-refractivity contribution is -0.151. The molecule has 6 nitrogen and oxygen atoms in total. The third kappa shape index (κ3) is 8.53. The molecule has 6 aliphatic carbocycles. The van der Waals surface area contributed by atoms with Crippen molar-refractivity contribution in [3.63, 3.8) is 0 Å². The van der Waals surface area contributed by atoms with Gasteiger partial charge in [0.15, 0.2) is 0 Å². The van der Waals surface area contributed by atoms with Gasteiger partial charge < -0.3 is 21.1 Å². The Kier molecular flexibility index (Phi) is 12.5. The largest absolute Gasteiger partial charge is 0.462 e. The van der Waals surface area contributed by atoms with Crippen molar-refractivity contribution in [2.24, 2.45) is 69.6 Å². The first-order valence-corrected chi connectivity index (χ1v) is 21.5. The molecule has 8 unspecified atom stereocenters. The van der Waals surface area contributed by atoms with Crippen LogP contribution in [-0.2, 0) is 14.3 Å². The van der Waals surface area contributed by atoms with Crippen molar-refractivity contribution >= 4 is 11.9 Å². The molecule has 0 heterocycles. The van der Waals surface area contributed by atoms with Gasteiger partial charge >= 0.3 is 5.97 Å². The van der Waals surface area contributed by atoms with Gasteiger partial charge in [-0.05, 0) is 148 Å². The molecule has 6 heteroatoms. The zero-order valence-electron chi connectivity index (χ0n) is 32.8. The van der Waals surface area contributed by atoms with E-state index in [1.807, 2.05) is 0 Å². The number of fused-ring (bicyclic) bond motifs is 5. The third-order valence-corrected chi connectivity index (χ3v) is 15.8. The lowest BCUT2D eigenvalue weighted by Crippen LogP contribution is -2.51. The minimum Gasteiger partial charge on any atom is -0.462 e. The molecule has 0 saturated heterocycles. The summed E-state index contributed by atoms with van der Waals surface area (Å²) in [7, 11) is 0. The molecule has 0 aliphatic heterocycles. The zero-order chi connectivity index (χ0) is 35.6. The van der Waals surface area contributed by atoms with Crippen molar-refractivity contribution in [3.8, 4) is 0 Å². The van der Waals surface area contributed by atoms with Crippen LogP contribution in [0, 0.1) is 58.2 Å². The number of esters is 1. The van der Waals surface area contributed by atoms with Gasteiger partial charge in [-0.3, -0.25) is 9.59 Å². The topological polar surface area (TPSA) is 98.7 Å². The summed E-state index contributed by atoms with van der Waals surface area (Å²) in [6, 6.07) is 0.690. The number of allylic oxidation sites excluding steroid dienone is 1. The van der Waals surface area contributed by atoms with E-state index in [1.54, 1.807) is 5.57 Å². The Morgan fingerprint density at radius 2 is 1.54 bits per heavy atom. The molecule has 8 atom stereocenters. The van der Waals surface area contributed by atoms with Gasteiger partial charge in [-0.2, -0.15) is 0 Å². The molecule has 5 fully saturated rings. The van der Waals surface area contributed by atoms with Crippen LogP contribution in [0.1, 0.15) is 163 Å². The minimum atomic E-state index is -0.118. The molecular formula is C44H75N3O3. The lowest BCUT2D eigenvalue weighted by Gasteiger charge is -2.58. The number of carbonyl (C=O) groups is 2. The molecule has 0 aromatic carbocycles. The van der Waals surface area contributed by atoms with Crippen LogP contribution in [0.2, 0.25) is 0 Å². The highest BCUT2D eigenvalue weighted by molar-refractivity contribution is 5.77. The van der Waals surface area contributed by atoms with Crippen LogP contribution < -0.4 is 11.5 Å². The zero-order valence-corrected chi connectivity index (χ0v) is 32.8. The van der Waals surface area contributed by atoms with Crippen molar-refractivity contribution < 1.29 is 14.3 Å². The van der Waals surface area contributed by atoms with Gasteiger partial charge in [0, 0.05) is 44.4 Å². The van der Waals surface area contributed by atoms with Crippen molar-refractivity contribution in [1.29, 1.82) is 0 Å². The normalized spacial score (nSPS) is 39.7. The molecule has 0 aromatic rings. The van der Waals surface area contributed by atoms with Gasteiger partial charge in [0.2, 0.25) is 5.91 Å². The van der Waals surface area contributed by atoms with Crippen LogP contribution in [0.15, 0.2) is 11.6 Å². The van der Waals surface area contributed by atoms with Crippen LogP contribution in [0.3, 0.4) is 0 Å². The van der Waals surface area contributed by atoms with Gasteiger partial charge in [0.25, 0.3) is 0 Å². The van der Waals surface area contributed by atoms with Crippen LogP contribution in [-0.4, -0.2) is 48.1 Å².